The van der Waals surface area contributed by atoms with Gasteiger partial charge in [0.25, 0.3) is 5.56 Å². The summed E-state index contributed by atoms with van der Waals surface area (Å²) < 4.78 is 60.8. The Morgan fingerprint density at radius 2 is 1.96 bits per heavy atom. The van der Waals surface area contributed by atoms with Crippen molar-refractivity contribution in [3.8, 4) is 16.9 Å². The number of hydrogen-bond donors (Lipinski definition) is 2. The molecule has 1 fully saturated rings. The van der Waals surface area contributed by atoms with Crippen LogP contribution < -0.4 is 11.2 Å². The zero-order chi connectivity index (χ0) is 20.3. The molecule has 6 nitrogen and oxygen atoms in total. The van der Waals surface area contributed by atoms with Gasteiger partial charge in [-0.05, 0) is 13.0 Å². The van der Waals surface area contributed by atoms with Crippen LogP contribution in [-0.4, -0.2) is 26.9 Å². The lowest BCUT2D eigenvalue weighted by molar-refractivity contribution is -0.143. The second kappa shape index (κ2) is 6.10. The predicted molar refractivity (Wildman–Crippen MR) is 87.4 cm³/mol. The molecule has 1 aromatic carbocycles. The number of epoxide rings is 1. The van der Waals surface area contributed by atoms with E-state index in [2.05, 4.69) is 0 Å². The van der Waals surface area contributed by atoms with Gasteiger partial charge in [0, 0.05) is 24.6 Å². The van der Waals surface area contributed by atoms with Crippen molar-refractivity contribution in [3.63, 3.8) is 0 Å². The number of aromatic nitrogens is 2. The van der Waals surface area contributed by atoms with Gasteiger partial charge in [-0.15, -0.1) is 0 Å². The third-order valence-corrected chi connectivity index (χ3v) is 4.62. The highest BCUT2D eigenvalue weighted by atomic mass is 35.5. The van der Waals surface area contributed by atoms with Crippen molar-refractivity contribution in [2.45, 2.75) is 25.1 Å². The number of aromatic hydroxyl groups is 1. The van der Waals surface area contributed by atoms with Gasteiger partial charge in [-0.25, -0.2) is 9.18 Å². The Bertz CT molecular complexity index is 1050. The van der Waals surface area contributed by atoms with E-state index in [0.717, 1.165) is 7.05 Å². The van der Waals surface area contributed by atoms with Gasteiger partial charge in [-0.2, -0.15) is 13.2 Å². The van der Waals surface area contributed by atoms with Gasteiger partial charge in [-0.1, -0.05) is 11.6 Å². The largest absolute Gasteiger partial charge is 0.506 e. The normalized spacial score (nSPS) is 19.4. The second-order valence-electron chi connectivity index (χ2n) is 6.50. The Balaban J connectivity index is 2.45. The molecule has 0 saturated carbocycles. The highest BCUT2D eigenvalue weighted by Crippen LogP contribution is 2.44. The van der Waals surface area contributed by atoms with Crippen LogP contribution in [0.15, 0.2) is 15.7 Å². The van der Waals surface area contributed by atoms with Gasteiger partial charge in [0.1, 0.15) is 17.3 Å². The minimum atomic E-state index is -5.14. The number of ether oxygens (including phenoxy) is 1. The molecule has 11 heteroatoms. The molecule has 0 aliphatic carbocycles. The lowest BCUT2D eigenvalue weighted by atomic mass is 9.91. The first kappa shape index (κ1) is 19.4. The van der Waals surface area contributed by atoms with Crippen LogP contribution in [0.1, 0.15) is 18.2 Å². The lowest BCUT2D eigenvalue weighted by Gasteiger charge is -2.20. The van der Waals surface area contributed by atoms with Crippen molar-refractivity contribution in [2.75, 3.05) is 6.61 Å². The second-order valence-corrected chi connectivity index (χ2v) is 6.90. The standard InChI is InChI=1S/C16H13ClF4N2O4/c1-15(5-27-15)4-6-9(8(18)3-7(17)11(6)24)10-12(16(19,20)21)23(2)14(26)22-13(10)25/h3,24H,4-5H2,1-2H3,(H,22,25,26). The molecule has 2 heterocycles. The minimum absolute atomic E-state index is 0.168. The van der Waals surface area contributed by atoms with Gasteiger partial charge in [0.2, 0.25) is 0 Å². The summed E-state index contributed by atoms with van der Waals surface area (Å²) in [4.78, 5) is 25.6. The van der Waals surface area contributed by atoms with Crippen molar-refractivity contribution in [1.82, 2.24) is 9.55 Å². The molecule has 0 bridgehead atoms. The van der Waals surface area contributed by atoms with Gasteiger partial charge in [0.15, 0.2) is 0 Å². The summed E-state index contributed by atoms with van der Waals surface area (Å²) >= 11 is 5.76. The van der Waals surface area contributed by atoms with Crippen LogP contribution in [0.4, 0.5) is 17.6 Å². The molecule has 0 radical (unpaired) electrons. The van der Waals surface area contributed by atoms with Crippen LogP contribution in [0.2, 0.25) is 5.02 Å². The first-order valence-corrected chi connectivity index (χ1v) is 7.98. The molecule has 1 atom stereocenters. The summed E-state index contributed by atoms with van der Waals surface area (Å²) in [6, 6.07) is 0.608. The average Bonchev–Trinajstić information content (AvgIpc) is 3.25. The summed E-state index contributed by atoms with van der Waals surface area (Å²) in [5.41, 5.74) is -7.43. The van der Waals surface area contributed by atoms with E-state index in [-0.39, 0.29) is 23.2 Å². The smallest absolute Gasteiger partial charge is 0.432 e. The molecule has 1 unspecified atom stereocenters. The van der Waals surface area contributed by atoms with E-state index in [1.165, 1.54) is 0 Å². The fourth-order valence-electron chi connectivity index (χ4n) is 2.88. The molecule has 1 aromatic heterocycles. The third-order valence-electron chi connectivity index (χ3n) is 4.34. The lowest BCUT2D eigenvalue weighted by Crippen LogP contribution is -2.36. The van der Waals surface area contributed by atoms with Gasteiger partial charge < -0.3 is 9.84 Å². The molecular weight excluding hydrogens is 396 g/mol. The van der Waals surface area contributed by atoms with Gasteiger partial charge in [0.05, 0.1) is 22.8 Å². The van der Waals surface area contributed by atoms with E-state index in [4.69, 9.17) is 16.3 Å². The molecule has 1 aliphatic rings. The van der Waals surface area contributed by atoms with E-state index in [1.54, 1.807) is 11.9 Å². The van der Waals surface area contributed by atoms with E-state index in [0.29, 0.717) is 6.07 Å². The summed E-state index contributed by atoms with van der Waals surface area (Å²) in [5.74, 6) is -1.90. The quantitative estimate of drug-likeness (QED) is 0.603. The maximum Gasteiger partial charge on any atom is 0.432 e. The molecule has 1 aliphatic heterocycles. The van der Waals surface area contributed by atoms with Crippen LogP contribution in [0.5, 0.6) is 5.75 Å². The van der Waals surface area contributed by atoms with Crippen LogP contribution >= 0.6 is 11.6 Å². The molecule has 2 N–H and O–H groups in total. The molecular formula is C16H13ClF4N2O4. The number of phenolic OH excluding ortho intramolecular Hbond substituents is 1. The topological polar surface area (TPSA) is 87.6 Å². The van der Waals surface area contributed by atoms with Crippen LogP contribution in [0.25, 0.3) is 11.1 Å². The first-order valence-electron chi connectivity index (χ1n) is 7.60. The van der Waals surface area contributed by atoms with E-state index >= 15 is 0 Å². The SMILES string of the molecule is Cn1c(C(F)(F)F)c(-c2c(F)cc(Cl)c(O)c2CC2(C)CO2)c(=O)[nH]c1=O. The predicted octanol–water partition coefficient (Wildman–Crippen LogP) is 2.59. The van der Waals surface area contributed by atoms with E-state index < -0.39 is 56.4 Å². The maximum absolute atomic E-state index is 14.7. The third kappa shape index (κ3) is 3.34. The Morgan fingerprint density at radius 3 is 2.48 bits per heavy atom. The number of nitrogens with one attached hydrogen (secondary N) is 1. The van der Waals surface area contributed by atoms with Crippen molar-refractivity contribution in [3.05, 3.63) is 49.0 Å². The zero-order valence-electron chi connectivity index (χ0n) is 14.0. The molecule has 0 spiro atoms. The van der Waals surface area contributed by atoms with Crippen molar-refractivity contribution in [2.24, 2.45) is 7.05 Å². The number of aromatic amines is 1. The van der Waals surface area contributed by atoms with Crippen molar-refractivity contribution in [1.29, 1.82) is 0 Å². The highest BCUT2D eigenvalue weighted by Gasteiger charge is 2.44. The van der Waals surface area contributed by atoms with Crippen LogP contribution in [0, 0.1) is 5.82 Å². The number of phenols is 1. The van der Waals surface area contributed by atoms with Crippen LogP contribution in [-0.2, 0) is 24.4 Å². The number of H-pyrrole nitrogens is 1. The molecule has 3 rings (SSSR count). The van der Waals surface area contributed by atoms with Crippen LogP contribution in [0.3, 0.4) is 0 Å². The number of halogens is 5. The maximum atomic E-state index is 14.7. The van der Waals surface area contributed by atoms with Crippen molar-refractivity contribution < 1.29 is 27.4 Å². The highest BCUT2D eigenvalue weighted by molar-refractivity contribution is 6.32. The Kier molecular flexibility index (Phi) is 4.39. The fourth-order valence-corrected chi connectivity index (χ4v) is 3.09. The van der Waals surface area contributed by atoms with Crippen molar-refractivity contribution >= 4 is 11.6 Å². The Labute approximate surface area is 154 Å². The van der Waals surface area contributed by atoms with E-state index in [1.807, 2.05) is 0 Å². The number of alkyl halides is 3. The molecule has 2 aromatic rings. The molecule has 146 valence electrons. The summed E-state index contributed by atoms with van der Waals surface area (Å²) in [5, 5.41) is 9.82. The monoisotopic (exact) mass is 408 g/mol. The molecule has 0 amide bonds. The van der Waals surface area contributed by atoms with Gasteiger partial charge >= 0.3 is 11.9 Å². The summed E-state index contributed by atoms with van der Waals surface area (Å²) in [6.07, 6.45) is -5.33. The Morgan fingerprint density at radius 1 is 1.37 bits per heavy atom. The number of rotatable bonds is 3. The molecule has 27 heavy (non-hydrogen) atoms. The zero-order valence-corrected chi connectivity index (χ0v) is 14.8. The number of nitrogens with zero attached hydrogens (tertiary/aromatic N) is 1. The average molecular weight is 409 g/mol. The Hall–Kier alpha value is -2.33. The fraction of sp³-hybridized carbons (Fsp3) is 0.375. The minimum Gasteiger partial charge on any atom is -0.506 e. The summed E-state index contributed by atoms with van der Waals surface area (Å²) in [6.45, 7) is 1.83. The number of benzene rings is 1. The van der Waals surface area contributed by atoms with E-state index in [9.17, 15) is 32.3 Å². The molecule has 1 saturated heterocycles. The first-order chi connectivity index (χ1) is 12.4. The van der Waals surface area contributed by atoms with Gasteiger partial charge in [-0.3, -0.25) is 14.3 Å². The summed E-state index contributed by atoms with van der Waals surface area (Å²) in [7, 11) is 0.795. The number of hydrogen-bond acceptors (Lipinski definition) is 4.